The molecule has 1 heterocycles. The number of hydrogen-bond acceptors (Lipinski definition) is 3. The number of aliphatic hydroxyl groups is 1. The molecule has 1 aromatic carbocycles. The Morgan fingerprint density at radius 2 is 2.21 bits per heavy atom. The SMILES string of the molecule is CN1C(=O)CC[C@@H](C(=O)NCC2(CO)CC2)[C@H]1c1cccc(F)c1. The van der Waals surface area contributed by atoms with Crippen LogP contribution in [0.4, 0.5) is 4.39 Å². The summed E-state index contributed by atoms with van der Waals surface area (Å²) in [6, 6.07) is 5.61. The number of amides is 2. The number of carbonyl (C=O) groups excluding carboxylic acids is 2. The standard InChI is InChI=1S/C18H23FN2O3/c1-21-15(23)6-5-14(16(21)12-3-2-4-13(19)9-12)17(24)20-10-18(11-22)7-8-18/h2-4,9,14,16,22H,5-8,10-11H2,1H3,(H,20,24)/t14-,16-/m1/s1. The summed E-state index contributed by atoms with van der Waals surface area (Å²) in [5.41, 5.74) is 0.467. The third kappa shape index (κ3) is 3.29. The molecule has 3 rings (SSSR count). The van der Waals surface area contributed by atoms with Gasteiger partial charge in [-0.1, -0.05) is 12.1 Å². The van der Waals surface area contributed by atoms with Gasteiger partial charge in [0, 0.05) is 25.4 Å². The Bertz CT molecular complexity index is 645. The fourth-order valence-electron chi connectivity index (χ4n) is 3.43. The molecule has 5 nitrogen and oxygen atoms in total. The third-order valence-corrected chi connectivity index (χ3v) is 5.32. The summed E-state index contributed by atoms with van der Waals surface area (Å²) in [7, 11) is 1.66. The number of likely N-dealkylation sites (tertiary alicyclic amines) is 1. The number of nitrogens with zero attached hydrogens (tertiary/aromatic N) is 1. The second kappa shape index (κ2) is 6.51. The van der Waals surface area contributed by atoms with Gasteiger partial charge in [0.2, 0.25) is 11.8 Å². The zero-order chi connectivity index (χ0) is 17.3. The molecule has 0 aromatic heterocycles. The maximum atomic E-state index is 13.6. The van der Waals surface area contributed by atoms with Crippen molar-refractivity contribution in [2.24, 2.45) is 11.3 Å². The van der Waals surface area contributed by atoms with Crippen LogP contribution in [0.2, 0.25) is 0 Å². The first kappa shape index (κ1) is 16.9. The minimum Gasteiger partial charge on any atom is -0.396 e. The van der Waals surface area contributed by atoms with Crippen molar-refractivity contribution in [2.75, 3.05) is 20.2 Å². The number of benzene rings is 1. The van der Waals surface area contributed by atoms with E-state index in [0.717, 1.165) is 12.8 Å². The van der Waals surface area contributed by atoms with Crippen LogP contribution < -0.4 is 5.32 Å². The van der Waals surface area contributed by atoms with Crippen LogP contribution in [0, 0.1) is 17.2 Å². The Hall–Kier alpha value is -1.95. The zero-order valence-corrected chi connectivity index (χ0v) is 13.8. The second-order valence-corrected chi connectivity index (χ2v) is 7.03. The molecule has 24 heavy (non-hydrogen) atoms. The molecule has 2 N–H and O–H groups in total. The van der Waals surface area contributed by atoms with E-state index in [1.54, 1.807) is 24.1 Å². The van der Waals surface area contributed by atoms with E-state index in [1.165, 1.54) is 12.1 Å². The highest BCUT2D eigenvalue weighted by atomic mass is 19.1. The largest absolute Gasteiger partial charge is 0.396 e. The Balaban J connectivity index is 1.78. The molecule has 2 fully saturated rings. The summed E-state index contributed by atoms with van der Waals surface area (Å²) in [4.78, 5) is 26.3. The summed E-state index contributed by atoms with van der Waals surface area (Å²) < 4.78 is 13.6. The highest BCUT2D eigenvalue weighted by Gasteiger charge is 2.44. The summed E-state index contributed by atoms with van der Waals surface area (Å²) in [5.74, 6) is -0.968. The minimum absolute atomic E-state index is 0.0395. The maximum absolute atomic E-state index is 13.6. The van der Waals surface area contributed by atoms with E-state index in [0.29, 0.717) is 24.9 Å². The van der Waals surface area contributed by atoms with Gasteiger partial charge in [0.25, 0.3) is 0 Å². The molecule has 1 aliphatic carbocycles. The van der Waals surface area contributed by atoms with Crippen molar-refractivity contribution in [2.45, 2.75) is 31.7 Å². The van der Waals surface area contributed by atoms with Crippen molar-refractivity contribution in [3.05, 3.63) is 35.6 Å². The lowest BCUT2D eigenvalue weighted by molar-refractivity contribution is -0.141. The van der Waals surface area contributed by atoms with Crippen LogP contribution in [0.3, 0.4) is 0 Å². The molecule has 1 aromatic rings. The van der Waals surface area contributed by atoms with Crippen LogP contribution >= 0.6 is 0 Å². The van der Waals surface area contributed by atoms with Crippen molar-refractivity contribution >= 4 is 11.8 Å². The van der Waals surface area contributed by atoms with Crippen LogP contribution in [-0.4, -0.2) is 42.0 Å². The Labute approximate surface area is 140 Å². The Kier molecular flexibility index (Phi) is 4.58. The van der Waals surface area contributed by atoms with Crippen LogP contribution in [0.25, 0.3) is 0 Å². The molecule has 2 amide bonds. The van der Waals surface area contributed by atoms with Crippen LogP contribution in [0.5, 0.6) is 0 Å². The number of halogens is 1. The van der Waals surface area contributed by atoms with E-state index in [1.807, 2.05) is 0 Å². The first-order valence-electron chi connectivity index (χ1n) is 8.35. The minimum atomic E-state index is -0.466. The quantitative estimate of drug-likeness (QED) is 0.860. The van der Waals surface area contributed by atoms with Gasteiger partial charge >= 0.3 is 0 Å². The third-order valence-electron chi connectivity index (χ3n) is 5.32. The molecule has 2 atom stereocenters. The number of hydrogen-bond donors (Lipinski definition) is 2. The Morgan fingerprint density at radius 3 is 2.83 bits per heavy atom. The molecule has 0 unspecified atom stereocenters. The highest BCUT2D eigenvalue weighted by Crippen LogP contribution is 2.44. The van der Waals surface area contributed by atoms with E-state index < -0.39 is 12.0 Å². The molecule has 2 aliphatic rings. The predicted octanol–water partition coefficient (Wildman–Crippen LogP) is 1.62. The summed E-state index contributed by atoms with van der Waals surface area (Å²) in [6.45, 7) is 0.524. The molecular weight excluding hydrogens is 311 g/mol. The lowest BCUT2D eigenvalue weighted by Crippen LogP contribution is -2.47. The van der Waals surface area contributed by atoms with Gasteiger partial charge in [-0.2, -0.15) is 0 Å². The van der Waals surface area contributed by atoms with Crippen molar-refractivity contribution in [3.8, 4) is 0 Å². The Morgan fingerprint density at radius 1 is 1.46 bits per heavy atom. The molecule has 130 valence electrons. The molecular formula is C18H23FN2O3. The van der Waals surface area contributed by atoms with Crippen molar-refractivity contribution in [3.63, 3.8) is 0 Å². The number of nitrogens with one attached hydrogen (secondary N) is 1. The van der Waals surface area contributed by atoms with Crippen molar-refractivity contribution in [1.29, 1.82) is 0 Å². The summed E-state index contributed by atoms with van der Waals surface area (Å²) in [5, 5.41) is 12.3. The van der Waals surface area contributed by atoms with Crippen LogP contribution in [0.1, 0.15) is 37.3 Å². The van der Waals surface area contributed by atoms with E-state index in [4.69, 9.17) is 0 Å². The molecule has 1 saturated heterocycles. The van der Waals surface area contributed by atoms with E-state index in [2.05, 4.69) is 5.32 Å². The zero-order valence-electron chi connectivity index (χ0n) is 13.8. The van der Waals surface area contributed by atoms with Crippen LogP contribution in [0.15, 0.2) is 24.3 Å². The average molecular weight is 334 g/mol. The van der Waals surface area contributed by atoms with Gasteiger partial charge in [-0.15, -0.1) is 0 Å². The fraction of sp³-hybridized carbons (Fsp3) is 0.556. The lowest BCUT2D eigenvalue weighted by atomic mass is 9.84. The van der Waals surface area contributed by atoms with Crippen LogP contribution in [-0.2, 0) is 9.59 Å². The second-order valence-electron chi connectivity index (χ2n) is 7.03. The van der Waals surface area contributed by atoms with Crippen molar-refractivity contribution < 1.29 is 19.1 Å². The van der Waals surface area contributed by atoms with Gasteiger partial charge in [0.1, 0.15) is 5.82 Å². The van der Waals surface area contributed by atoms with Gasteiger partial charge in [0.05, 0.1) is 18.6 Å². The number of carbonyl (C=O) groups is 2. The van der Waals surface area contributed by atoms with Crippen molar-refractivity contribution in [1.82, 2.24) is 10.2 Å². The lowest BCUT2D eigenvalue weighted by Gasteiger charge is -2.38. The first-order chi connectivity index (χ1) is 11.5. The van der Waals surface area contributed by atoms with E-state index >= 15 is 0 Å². The smallest absolute Gasteiger partial charge is 0.225 e. The number of aliphatic hydroxyl groups excluding tert-OH is 1. The highest BCUT2D eigenvalue weighted by molar-refractivity contribution is 5.85. The number of rotatable bonds is 5. The average Bonchev–Trinajstić information content (AvgIpc) is 3.35. The normalized spacial score (nSPS) is 25.5. The van der Waals surface area contributed by atoms with Gasteiger partial charge in [0.15, 0.2) is 0 Å². The molecule has 0 bridgehead atoms. The summed E-state index contributed by atoms with van der Waals surface area (Å²) in [6.07, 6.45) is 2.59. The maximum Gasteiger partial charge on any atom is 0.225 e. The van der Waals surface area contributed by atoms with E-state index in [9.17, 15) is 19.1 Å². The van der Waals surface area contributed by atoms with Gasteiger partial charge in [-0.25, -0.2) is 4.39 Å². The van der Waals surface area contributed by atoms with Gasteiger partial charge in [-0.05, 0) is 37.0 Å². The summed E-state index contributed by atoms with van der Waals surface area (Å²) >= 11 is 0. The first-order valence-corrected chi connectivity index (χ1v) is 8.35. The monoisotopic (exact) mass is 334 g/mol. The molecule has 6 heteroatoms. The number of piperidine rings is 1. The van der Waals surface area contributed by atoms with Gasteiger partial charge < -0.3 is 15.3 Å². The fourth-order valence-corrected chi connectivity index (χ4v) is 3.43. The predicted molar refractivity (Wildman–Crippen MR) is 86.4 cm³/mol. The molecule has 1 aliphatic heterocycles. The molecule has 0 spiro atoms. The van der Waals surface area contributed by atoms with Gasteiger partial charge in [-0.3, -0.25) is 9.59 Å². The van der Waals surface area contributed by atoms with E-state index in [-0.39, 0.29) is 29.7 Å². The molecule has 0 radical (unpaired) electrons. The topological polar surface area (TPSA) is 69.6 Å². The molecule has 1 saturated carbocycles.